The molecule has 0 bridgehead atoms. The van der Waals surface area contributed by atoms with E-state index in [0.717, 1.165) is 17.8 Å². The maximum absolute atomic E-state index is 12.9. The van der Waals surface area contributed by atoms with Gasteiger partial charge in [0.2, 0.25) is 5.91 Å². The third-order valence-electron chi connectivity index (χ3n) is 5.04. The van der Waals surface area contributed by atoms with E-state index >= 15 is 0 Å². The molecule has 0 aliphatic carbocycles. The number of amides is 1. The fraction of sp³-hybridized carbons (Fsp3) is 0.400. The number of nitrogens with two attached hydrogens (primary N) is 1. The van der Waals surface area contributed by atoms with Crippen LogP contribution >= 0.6 is 0 Å². The van der Waals surface area contributed by atoms with Crippen molar-refractivity contribution in [1.29, 1.82) is 0 Å². The minimum absolute atomic E-state index is 0. The van der Waals surface area contributed by atoms with Gasteiger partial charge in [-0.2, -0.15) is 13.2 Å². The molecule has 11 heteroatoms. The zero-order valence-corrected chi connectivity index (χ0v) is 21.0. The number of halogens is 3. The fourth-order valence-corrected chi connectivity index (χ4v) is 3.35. The molecule has 0 spiro atoms. The average Bonchev–Trinajstić information content (AvgIpc) is 3.16. The van der Waals surface area contributed by atoms with Gasteiger partial charge in [-0.15, -0.1) is 7.05 Å². The van der Waals surface area contributed by atoms with Crippen molar-refractivity contribution >= 4 is 17.4 Å². The predicted molar refractivity (Wildman–Crippen MR) is 109 cm³/mol. The number of piperazine rings is 1. The Morgan fingerprint density at radius 3 is 2.45 bits per heavy atom. The van der Waals surface area contributed by atoms with E-state index in [1.54, 1.807) is 29.6 Å². The first kappa shape index (κ1) is 25.7. The second-order valence-electron chi connectivity index (χ2n) is 7.02. The number of hydrogen-bond acceptors (Lipinski definition) is 3. The first-order chi connectivity index (χ1) is 14.2. The Balaban J connectivity index is 0.00000341. The van der Waals surface area contributed by atoms with Gasteiger partial charge in [0.05, 0.1) is 23.5 Å². The van der Waals surface area contributed by atoms with E-state index in [0.29, 0.717) is 37.4 Å². The molecule has 31 heavy (non-hydrogen) atoms. The van der Waals surface area contributed by atoms with Gasteiger partial charge < -0.3 is 25.6 Å². The molecule has 2 aromatic rings. The van der Waals surface area contributed by atoms with Crippen LogP contribution in [0.15, 0.2) is 41.5 Å². The Morgan fingerprint density at radius 1 is 1.19 bits per heavy atom. The summed E-state index contributed by atoms with van der Waals surface area (Å²) >= 11 is 0. The molecule has 1 aromatic carbocycles. The van der Waals surface area contributed by atoms with Crippen LogP contribution in [0.4, 0.5) is 18.9 Å². The van der Waals surface area contributed by atoms with Gasteiger partial charge in [0, 0.05) is 39.3 Å². The Morgan fingerprint density at radius 2 is 1.87 bits per heavy atom. The summed E-state index contributed by atoms with van der Waals surface area (Å²) < 4.78 is 40.2. The maximum Gasteiger partial charge on any atom is 1.00 e. The minimum Gasteiger partial charge on any atom is -0.619 e. The number of benzene rings is 1. The molecule has 7 nitrogen and oxygen atoms in total. The molecule has 0 unspecified atom stereocenters. The first-order valence-corrected chi connectivity index (χ1v) is 9.48. The van der Waals surface area contributed by atoms with E-state index in [9.17, 15) is 18.0 Å². The van der Waals surface area contributed by atoms with Crippen molar-refractivity contribution in [1.82, 2.24) is 9.58 Å². The Bertz CT molecular complexity index is 935. The van der Waals surface area contributed by atoms with Gasteiger partial charge in [-0.1, -0.05) is 12.1 Å². The van der Waals surface area contributed by atoms with Crippen molar-refractivity contribution in [2.75, 3.05) is 38.1 Å². The molecular weight excluding hydrogens is 436 g/mol. The number of rotatable bonds is 5. The molecule has 0 radical (unpaired) electrons. The Labute approximate surface area is 221 Å². The number of aromatic nitrogens is 1. The van der Waals surface area contributed by atoms with Gasteiger partial charge >= 0.3 is 57.6 Å². The van der Waals surface area contributed by atoms with E-state index in [-0.39, 0.29) is 69.7 Å². The number of hydrogen-bond donors (Lipinski definition) is 1. The molecular formula is C20H24F3KN6O. The maximum atomic E-state index is 12.9. The van der Waals surface area contributed by atoms with Gasteiger partial charge in [-0.05, 0) is 23.8 Å². The van der Waals surface area contributed by atoms with Crippen molar-refractivity contribution in [3.8, 4) is 0 Å². The van der Waals surface area contributed by atoms with Crippen LogP contribution in [0.1, 0.15) is 23.7 Å². The van der Waals surface area contributed by atoms with Gasteiger partial charge in [0.15, 0.2) is 0 Å². The largest absolute Gasteiger partial charge is 1.00 e. The summed E-state index contributed by atoms with van der Waals surface area (Å²) in [6.45, 7) is 4.23. The fourth-order valence-electron chi connectivity index (χ4n) is 3.35. The van der Waals surface area contributed by atoms with Crippen LogP contribution in [0.3, 0.4) is 0 Å². The summed E-state index contributed by atoms with van der Waals surface area (Å²) in [6, 6.07) is 6.87. The zero-order chi connectivity index (χ0) is 21.9. The number of carbonyl (C=O) groups excluding carboxylic acids is 1. The number of carbonyl (C=O) groups is 1. The van der Waals surface area contributed by atoms with Gasteiger partial charge in [0.25, 0.3) is 0 Å². The molecule has 2 heterocycles. The number of anilines is 1. The molecule has 1 fully saturated rings. The second kappa shape index (κ2) is 10.9. The summed E-state index contributed by atoms with van der Waals surface area (Å²) in [7, 11) is 1.61. The molecule has 1 aliphatic rings. The van der Waals surface area contributed by atoms with Gasteiger partial charge in [-0.3, -0.25) is 9.79 Å². The van der Waals surface area contributed by atoms with Crippen molar-refractivity contribution in [2.24, 2.45) is 10.7 Å². The molecule has 3 rings (SSSR count). The molecule has 0 saturated carbocycles. The van der Waals surface area contributed by atoms with Gasteiger partial charge in [-0.25, -0.2) is 0 Å². The zero-order valence-electron chi connectivity index (χ0n) is 17.9. The molecule has 0 atom stereocenters. The van der Waals surface area contributed by atoms with Crippen LogP contribution in [0, 0.1) is 0 Å². The third-order valence-corrected chi connectivity index (χ3v) is 5.04. The average molecular weight is 461 g/mol. The minimum atomic E-state index is -4.40. The number of amidine groups is 1. The number of aliphatic imine (C=N–C) groups is 1. The monoisotopic (exact) mass is 460 g/mol. The van der Waals surface area contributed by atoms with Crippen LogP contribution in [-0.2, 0) is 17.5 Å². The standard InChI is InChI=1S/C20H24F3N6O.K/c1-14(30)27-6-8-28(9-7-27)17-11-18(29(13-17)25-2)19(24)26-12-15-4-3-5-16(10-15)20(21,22)23;/h3-5,10-11,13H,6-9,12H2,1-2H3,(H2,24,26);/q-1;+1. The van der Waals surface area contributed by atoms with Crippen LogP contribution in [0.2, 0.25) is 0 Å². The summed E-state index contributed by atoms with van der Waals surface area (Å²) in [5, 5.41) is 0. The summed E-state index contributed by atoms with van der Waals surface area (Å²) in [6.07, 6.45) is -2.58. The predicted octanol–water partition coefficient (Wildman–Crippen LogP) is -0.148. The summed E-state index contributed by atoms with van der Waals surface area (Å²) in [4.78, 5) is 19.7. The second-order valence-corrected chi connectivity index (χ2v) is 7.02. The third kappa shape index (κ3) is 6.48. The molecule has 1 amide bonds. The summed E-state index contributed by atoms with van der Waals surface area (Å²) in [5.74, 6) is 0.245. The van der Waals surface area contributed by atoms with Crippen molar-refractivity contribution in [3.63, 3.8) is 0 Å². The Kier molecular flexibility index (Phi) is 9.01. The van der Waals surface area contributed by atoms with E-state index < -0.39 is 11.7 Å². The van der Waals surface area contributed by atoms with E-state index in [1.807, 2.05) is 12.3 Å². The molecule has 1 aromatic heterocycles. The van der Waals surface area contributed by atoms with E-state index in [4.69, 9.17) is 5.73 Å². The molecule has 2 N–H and O–H groups in total. The SMILES string of the molecule is C[N-]n1cc(N2CCN(C(C)=O)CC2)cc1C(N)=NCc1cccc(C(F)(F)F)c1.[K+]. The topological polar surface area (TPSA) is 81.0 Å². The first-order valence-electron chi connectivity index (χ1n) is 9.48. The number of nitrogens with zero attached hydrogens (tertiary/aromatic N) is 5. The van der Waals surface area contributed by atoms with Crippen LogP contribution < -0.4 is 62.0 Å². The van der Waals surface area contributed by atoms with Crippen molar-refractivity contribution in [3.05, 3.63) is 58.8 Å². The van der Waals surface area contributed by atoms with Crippen LogP contribution in [0.25, 0.3) is 5.43 Å². The normalized spacial score (nSPS) is 14.9. The number of alkyl halides is 3. The van der Waals surface area contributed by atoms with Crippen LogP contribution in [-0.4, -0.2) is 54.5 Å². The van der Waals surface area contributed by atoms with Crippen molar-refractivity contribution < 1.29 is 69.4 Å². The van der Waals surface area contributed by atoms with E-state index in [2.05, 4.69) is 15.3 Å². The molecule has 162 valence electrons. The van der Waals surface area contributed by atoms with Crippen LogP contribution in [0.5, 0.6) is 0 Å². The summed E-state index contributed by atoms with van der Waals surface area (Å²) in [5.41, 5.74) is 11.5. The Hall–Kier alpha value is -1.53. The smallest absolute Gasteiger partial charge is 0.619 e. The van der Waals surface area contributed by atoms with Crippen molar-refractivity contribution in [2.45, 2.75) is 19.6 Å². The molecule has 1 aliphatic heterocycles. The van der Waals surface area contributed by atoms with E-state index in [1.165, 1.54) is 6.07 Å². The van der Waals surface area contributed by atoms with Gasteiger partial charge in [0.1, 0.15) is 5.84 Å². The quantitative estimate of drug-likeness (QED) is 0.383. The molecule has 1 saturated heterocycles.